The highest BCUT2D eigenvalue weighted by Crippen LogP contribution is 2.22. The van der Waals surface area contributed by atoms with Crippen molar-refractivity contribution in [3.05, 3.63) is 35.7 Å². The minimum atomic E-state index is -0.406. The van der Waals surface area contributed by atoms with Gasteiger partial charge in [0.05, 0.1) is 12.1 Å². The lowest BCUT2D eigenvalue weighted by atomic mass is 10.2. The Morgan fingerprint density at radius 3 is 2.60 bits per heavy atom. The zero-order chi connectivity index (χ0) is 17.6. The van der Waals surface area contributed by atoms with E-state index in [9.17, 15) is 9.59 Å². The van der Waals surface area contributed by atoms with Gasteiger partial charge in [-0.3, -0.25) is 5.10 Å². The van der Waals surface area contributed by atoms with E-state index in [-0.39, 0.29) is 24.6 Å². The molecule has 25 heavy (non-hydrogen) atoms. The Balaban J connectivity index is 1.47. The number of rotatable bonds is 5. The molecule has 2 amide bonds. The van der Waals surface area contributed by atoms with Gasteiger partial charge in [-0.05, 0) is 49.9 Å². The van der Waals surface area contributed by atoms with E-state index in [2.05, 4.69) is 25.8 Å². The molecular weight excluding hydrogens is 324 g/mol. The number of nitrogen functional groups attached to an aromatic ring is 1. The Morgan fingerprint density at radius 2 is 1.96 bits per heavy atom. The maximum Gasteiger partial charge on any atom is 0.338 e. The number of aromatic nitrogens is 3. The Hall–Kier alpha value is -3.10. The van der Waals surface area contributed by atoms with Crippen LogP contribution in [-0.4, -0.2) is 33.3 Å². The number of carbonyl (C=O) groups excluding carboxylic acids is 2. The van der Waals surface area contributed by atoms with Gasteiger partial charge >= 0.3 is 12.0 Å². The van der Waals surface area contributed by atoms with Crippen molar-refractivity contribution in [1.29, 1.82) is 0 Å². The van der Waals surface area contributed by atoms with Crippen LogP contribution in [0.25, 0.3) is 0 Å². The number of aromatic amines is 1. The van der Waals surface area contributed by atoms with Gasteiger partial charge in [-0.15, -0.1) is 5.10 Å². The summed E-state index contributed by atoms with van der Waals surface area (Å²) in [7, 11) is 0. The summed E-state index contributed by atoms with van der Waals surface area (Å²) in [4.78, 5) is 27.8. The third-order valence-electron chi connectivity index (χ3n) is 3.92. The average Bonchev–Trinajstić information content (AvgIpc) is 3.25. The fourth-order valence-corrected chi connectivity index (χ4v) is 2.64. The Morgan fingerprint density at radius 1 is 1.24 bits per heavy atom. The second kappa shape index (κ2) is 7.65. The monoisotopic (exact) mass is 344 g/mol. The third-order valence-corrected chi connectivity index (χ3v) is 3.92. The number of hydrogen-bond donors (Lipinski definition) is 4. The Kier molecular flexibility index (Phi) is 5.12. The molecule has 1 aliphatic rings. The van der Waals surface area contributed by atoms with E-state index in [1.807, 2.05) is 0 Å². The molecule has 1 aromatic carbocycles. The highest BCUT2D eigenvalue weighted by atomic mass is 16.5. The summed E-state index contributed by atoms with van der Waals surface area (Å²) in [5, 5.41) is 11.5. The van der Waals surface area contributed by atoms with Crippen LogP contribution < -0.4 is 16.4 Å². The van der Waals surface area contributed by atoms with Gasteiger partial charge in [0.1, 0.15) is 11.9 Å². The van der Waals surface area contributed by atoms with E-state index in [4.69, 9.17) is 10.5 Å². The van der Waals surface area contributed by atoms with Crippen molar-refractivity contribution in [3.63, 3.8) is 0 Å². The van der Waals surface area contributed by atoms with Crippen molar-refractivity contribution in [2.75, 3.05) is 11.1 Å². The van der Waals surface area contributed by atoms with E-state index in [1.165, 1.54) is 0 Å². The van der Waals surface area contributed by atoms with E-state index in [0.717, 1.165) is 25.7 Å². The Labute approximate surface area is 144 Å². The number of nitrogens with one attached hydrogen (secondary N) is 3. The average molecular weight is 344 g/mol. The second-order valence-electron chi connectivity index (χ2n) is 5.84. The van der Waals surface area contributed by atoms with Crippen LogP contribution in [0.3, 0.4) is 0 Å². The first-order valence-corrected chi connectivity index (χ1v) is 8.13. The van der Waals surface area contributed by atoms with Gasteiger partial charge in [-0.1, -0.05) is 0 Å². The molecular formula is C16H20N6O3. The number of amides is 2. The number of anilines is 2. The number of nitrogens with two attached hydrogens (primary N) is 1. The van der Waals surface area contributed by atoms with Gasteiger partial charge in [0.2, 0.25) is 5.95 Å². The second-order valence-corrected chi connectivity index (χ2v) is 5.84. The molecule has 9 heteroatoms. The van der Waals surface area contributed by atoms with Gasteiger partial charge in [0.15, 0.2) is 0 Å². The molecule has 132 valence electrons. The summed E-state index contributed by atoms with van der Waals surface area (Å²) in [5.41, 5.74) is 6.41. The van der Waals surface area contributed by atoms with E-state index < -0.39 is 6.03 Å². The first kappa shape index (κ1) is 16.7. The fourth-order valence-electron chi connectivity index (χ4n) is 2.64. The summed E-state index contributed by atoms with van der Waals surface area (Å²) in [5.74, 6) is 0.251. The number of carbonyl (C=O) groups is 2. The quantitative estimate of drug-likeness (QED) is 0.611. The predicted octanol–water partition coefficient (Wildman–Crippen LogP) is 1.81. The summed E-state index contributed by atoms with van der Waals surface area (Å²) in [6.45, 7) is 0.168. The maximum absolute atomic E-state index is 12.0. The fraction of sp³-hybridized carbons (Fsp3) is 0.375. The van der Waals surface area contributed by atoms with Crippen LogP contribution in [0.15, 0.2) is 24.3 Å². The van der Waals surface area contributed by atoms with Gasteiger partial charge in [-0.25, -0.2) is 9.59 Å². The smallest absolute Gasteiger partial charge is 0.338 e. The van der Waals surface area contributed by atoms with E-state index in [1.54, 1.807) is 24.3 Å². The number of nitrogens with zero attached hydrogens (tertiary/aromatic N) is 2. The number of esters is 1. The standard InChI is InChI=1S/C16H20N6O3/c17-15-20-13(21-22-15)9-18-16(24)19-11-7-5-10(6-8-11)14(23)25-12-3-1-2-4-12/h5-8,12H,1-4,9H2,(H2,18,19,24)(H3,17,20,21,22). The molecule has 0 atom stereocenters. The molecule has 1 aliphatic carbocycles. The van der Waals surface area contributed by atoms with Gasteiger partial charge in [0, 0.05) is 5.69 Å². The largest absolute Gasteiger partial charge is 0.459 e. The molecule has 5 N–H and O–H groups in total. The Bertz CT molecular complexity index is 737. The van der Waals surface area contributed by atoms with Gasteiger partial charge < -0.3 is 21.1 Å². The highest BCUT2D eigenvalue weighted by molar-refractivity contribution is 5.92. The van der Waals surface area contributed by atoms with Crippen LogP contribution in [0.5, 0.6) is 0 Å². The molecule has 2 aromatic rings. The molecule has 0 aliphatic heterocycles. The van der Waals surface area contributed by atoms with Crippen LogP contribution >= 0.6 is 0 Å². The minimum Gasteiger partial charge on any atom is -0.459 e. The molecule has 1 heterocycles. The van der Waals surface area contributed by atoms with Gasteiger partial charge in [-0.2, -0.15) is 4.98 Å². The van der Waals surface area contributed by atoms with Gasteiger partial charge in [0.25, 0.3) is 0 Å². The normalized spacial score (nSPS) is 14.2. The van der Waals surface area contributed by atoms with Crippen molar-refractivity contribution < 1.29 is 14.3 Å². The molecule has 0 saturated heterocycles. The molecule has 1 fully saturated rings. The lowest BCUT2D eigenvalue weighted by Gasteiger charge is -2.11. The van der Waals surface area contributed by atoms with Crippen molar-refractivity contribution in [3.8, 4) is 0 Å². The van der Waals surface area contributed by atoms with Crippen LogP contribution in [0.1, 0.15) is 41.9 Å². The third kappa shape index (κ3) is 4.69. The highest BCUT2D eigenvalue weighted by Gasteiger charge is 2.20. The topological polar surface area (TPSA) is 135 Å². The molecule has 0 unspecified atom stereocenters. The van der Waals surface area contributed by atoms with Crippen molar-refractivity contribution in [2.45, 2.75) is 38.3 Å². The summed E-state index contributed by atoms with van der Waals surface area (Å²) in [6, 6.07) is 6.15. The predicted molar refractivity (Wildman–Crippen MR) is 90.8 cm³/mol. The molecule has 9 nitrogen and oxygen atoms in total. The first-order valence-electron chi connectivity index (χ1n) is 8.13. The number of hydrogen-bond acceptors (Lipinski definition) is 6. The number of ether oxygens (including phenoxy) is 1. The molecule has 0 radical (unpaired) electrons. The maximum atomic E-state index is 12.0. The van der Waals surface area contributed by atoms with E-state index in [0.29, 0.717) is 17.1 Å². The van der Waals surface area contributed by atoms with Crippen LogP contribution in [0.2, 0.25) is 0 Å². The summed E-state index contributed by atoms with van der Waals surface area (Å²) in [6.07, 6.45) is 4.11. The molecule has 0 bridgehead atoms. The zero-order valence-electron chi connectivity index (χ0n) is 13.6. The molecule has 3 rings (SSSR count). The van der Waals surface area contributed by atoms with Crippen molar-refractivity contribution in [1.82, 2.24) is 20.5 Å². The minimum absolute atomic E-state index is 0.0289. The van der Waals surface area contributed by atoms with Crippen LogP contribution in [0.4, 0.5) is 16.4 Å². The lowest BCUT2D eigenvalue weighted by molar-refractivity contribution is 0.0318. The summed E-state index contributed by atoms with van der Waals surface area (Å²) < 4.78 is 5.44. The number of benzene rings is 1. The molecule has 1 saturated carbocycles. The lowest BCUT2D eigenvalue weighted by Crippen LogP contribution is -2.28. The molecule has 0 spiro atoms. The molecule has 1 aromatic heterocycles. The van der Waals surface area contributed by atoms with Crippen LogP contribution in [0, 0.1) is 0 Å². The van der Waals surface area contributed by atoms with Crippen molar-refractivity contribution in [2.24, 2.45) is 0 Å². The SMILES string of the molecule is Nc1n[nH]c(CNC(=O)Nc2ccc(C(=O)OC3CCCC3)cc2)n1. The first-order chi connectivity index (χ1) is 12.1. The number of urea groups is 1. The van der Waals surface area contributed by atoms with Crippen molar-refractivity contribution >= 4 is 23.6 Å². The van der Waals surface area contributed by atoms with Crippen LogP contribution in [-0.2, 0) is 11.3 Å². The summed E-state index contributed by atoms with van der Waals surface area (Å²) >= 11 is 0. The zero-order valence-corrected chi connectivity index (χ0v) is 13.6. The van der Waals surface area contributed by atoms with E-state index >= 15 is 0 Å². The number of H-pyrrole nitrogens is 1.